The maximum Gasteiger partial charge on any atom is 0.0599 e. The third-order valence-electron chi connectivity index (χ3n) is 3.91. The van der Waals surface area contributed by atoms with Gasteiger partial charge in [0.15, 0.2) is 0 Å². The molecule has 0 spiro atoms. The zero-order chi connectivity index (χ0) is 12.7. The van der Waals surface area contributed by atoms with Gasteiger partial charge in [-0.15, -0.1) is 0 Å². The first-order valence-electron chi connectivity index (χ1n) is 6.97. The van der Waals surface area contributed by atoms with Crippen molar-refractivity contribution < 1.29 is 4.74 Å². The van der Waals surface area contributed by atoms with E-state index in [1.807, 2.05) is 7.11 Å². The number of rotatable bonds is 1. The van der Waals surface area contributed by atoms with Gasteiger partial charge in [-0.3, -0.25) is 0 Å². The van der Waals surface area contributed by atoms with Crippen molar-refractivity contribution >= 4 is 0 Å². The molecule has 0 bridgehead atoms. The minimum absolute atomic E-state index is 0.423. The van der Waals surface area contributed by atoms with Gasteiger partial charge < -0.3 is 4.74 Å². The Morgan fingerprint density at radius 1 is 1.00 bits per heavy atom. The summed E-state index contributed by atoms with van der Waals surface area (Å²) in [6.45, 7) is 6.83. The molecule has 1 rings (SSSR count). The molecule has 2 unspecified atom stereocenters. The number of hydrogen-bond donors (Lipinski definition) is 0. The summed E-state index contributed by atoms with van der Waals surface area (Å²) in [6.07, 6.45) is 12.5. The Morgan fingerprint density at radius 2 is 1.53 bits per heavy atom. The van der Waals surface area contributed by atoms with E-state index in [9.17, 15) is 0 Å². The van der Waals surface area contributed by atoms with E-state index >= 15 is 0 Å². The van der Waals surface area contributed by atoms with Crippen LogP contribution in [-0.4, -0.2) is 13.2 Å². The van der Waals surface area contributed by atoms with Crippen LogP contribution < -0.4 is 0 Å². The first-order chi connectivity index (χ1) is 8.13. The fraction of sp³-hybridized carbons (Fsp3) is 0.750. The van der Waals surface area contributed by atoms with Crippen molar-refractivity contribution in [2.24, 2.45) is 5.92 Å². The van der Waals surface area contributed by atoms with Gasteiger partial charge >= 0.3 is 0 Å². The number of methoxy groups -OCH3 is 1. The van der Waals surface area contributed by atoms with E-state index in [0.717, 1.165) is 12.8 Å². The van der Waals surface area contributed by atoms with Crippen LogP contribution in [0.15, 0.2) is 23.3 Å². The van der Waals surface area contributed by atoms with Crippen molar-refractivity contribution in [3.8, 4) is 0 Å². The van der Waals surface area contributed by atoms with Gasteiger partial charge in [-0.25, -0.2) is 0 Å². The molecule has 0 aromatic carbocycles. The molecule has 1 aliphatic rings. The van der Waals surface area contributed by atoms with Gasteiger partial charge in [0, 0.05) is 7.11 Å². The molecule has 0 aromatic heterocycles. The van der Waals surface area contributed by atoms with Crippen LogP contribution in [-0.2, 0) is 4.74 Å². The zero-order valence-corrected chi connectivity index (χ0v) is 12.0. The van der Waals surface area contributed by atoms with E-state index in [1.54, 1.807) is 5.57 Å². The molecule has 0 radical (unpaired) electrons. The lowest BCUT2D eigenvalue weighted by Crippen LogP contribution is -2.20. The van der Waals surface area contributed by atoms with Crippen LogP contribution in [0.2, 0.25) is 0 Å². The molecule has 0 heterocycles. The van der Waals surface area contributed by atoms with E-state index in [0.29, 0.717) is 12.0 Å². The minimum Gasteiger partial charge on any atom is -0.381 e. The third kappa shape index (κ3) is 5.54. The highest BCUT2D eigenvalue weighted by atomic mass is 16.5. The summed E-state index contributed by atoms with van der Waals surface area (Å²) in [4.78, 5) is 0. The second-order valence-electron chi connectivity index (χ2n) is 5.51. The lowest BCUT2D eigenvalue weighted by molar-refractivity contribution is 0.0497. The van der Waals surface area contributed by atoms with Crippen molar-refractivity contribution in [1.29, 1.82) is 0 Å². The Kier molecular flexibility index (Phi) is 6.57. The lowest BCUT2D eigenvalue weighted by atomic mass is 9.93. The van der Waals surface area contributed by atoms with Crippen molar-refractivity contribution in [2.75, 3.05) is 7.11 Å². The Bertz CT molecular complexity index is 275. The van der Waals surface area contributed by atoms with Gasteiger partial charge in [0.05, 0.1) is 6.10 Å². The summed E-state index contributed by atoms with van der Waals surface area (Å²) >= 11 is 0. The fourth-order valence-corrected chi connectivity index (χ4v) is 2.51. The monoisotopic (exact) mass is 236 g/mol. The van der Waals surface area contributed by atoms with Gasteiger partial charge in [-0.1, -0.05) is 30.2 Å². The van der Waals surface area contributed by atoms with Crippen molar-refractivity contribution in [3.05, 3.63) is 23.3 Å². The largest absolute Gasteiger partial charge is 0.381 e. The molecule has 1 nitrogen and oxygen atoms in total. The van der Waals surface area contributed by atoms with Gasteiger partial charge in [-0.05, 0) is 58.3 Å². The summed E-state index contributed by atoms with van der Waals surface area (Å²) in [5.74, 6) is 0.664. The molecule has 0 aromatic rings. The first-order valence-corrected chi connectivity index (χ1v) is 6.97. The lowest BCUT2D eigenvalue weighted by Gasteiger charge is -2.22. The highest BCUT2D eigenvalue weighted by Gasteiger charge is 2.15. The highest BCUT2D eigenvalue weighted by Crippen LogP contribution is 2.22. The van der Waals surface area contributed by atoms with Crippen LogP contribution in [0, 0.1) is 5.92 Å². The maximum absolute atomic E-state index is 5.62. The molecule has 98 valence electrons. The molecule has 0 saturated heterocycles. The van der Waals surface area contributed by atoms with Crippen LogP contribution in [0.25, 0.3) is 0 Å². The van der Waals surface area contributed by atoms with Gasteiger partial charge in [-0.2, -0.15) is 0 Å². The van der Waals surface area contributed by atoms with Crippen molar-refractivity contribution in [2.45, 2.75) is 65.4 Å². The predicted octanol–water partition coefficient (Wildman–Crippen LogP) is 4.88. The van der Waals surface area contributed by atoms with Gasteiger partial charge in [0.2, 0.25) is 0 Å². The first kappa shape index (κ1) is 14.5. The molecular weight excluding hydrogens is 208 g/mol. The smallest absolute Gasteiger partial charge is 0.0599 e. The van der Waals surface area contributed by atoms with E-state index in [1.165, 1.54) is 31.3 Å². The second-order valence-corrected chi connectivity index (χ2v) is 5.51. The average Bonchev–Trinajstić information content (AvgIpc) is 2.30. The normalized spacial score (nSPS) is 34.8. The van der Waals surface area contributed by atoms with E-state index < -0.39 is 0 Å². The van der Waals surface area contributed by atoms with Crippen LogP contribution >= 0.6 is 0 Å². The summed E-state index contributed by atoms with van der Waals surface area (Å²) < 4.78 is 5.62. The molecule has 0 fully saturated rings. The molecule has 0 N–H and O–H groups in total. The van der Waals surface area contributed by atoms with Crippen LogP contribution in [0.1, 0.15) is 59.3 Å². The van der Waals surface area contributed by atoms with Crippen LogP contribution in [0.5, 0.6) is 0 Å². The van der Waals surface area contributed by atoms with E-state index in [2.05, 4.69) is 32.9 Å². The molecule has 1 heteroatoms. The van der Waals surface area contributed by atoms with E-state index in [-0.39, 0.29) is 0 Å². The van der Waals surface area contributed by atoms with Crippen LogP contribution in [0.3, 0.4) is 0 Å². The standard InChI is InChI=1S/C16H28O/c1-13-7-5-9-15(3)16(17-4)10-6-8-14(2)12-11-13/h7-8,15-16H,5-6,9-12H2,1-4H3/b13-7+,14-8+. The minimum atomic E-state index is 0.423. The summed E-state index contributed by atoms with van der Waals surface area (Å²) in [5.41, 5.74) is 3.07. The highest BCUT2D eigenvalue weighted by molar-refractivity contribution is 5.05. The Balaban J connectivity index is 2.65. The van der Waals surface area contributed by atoms with Crippen molar-refractivity contribution in [1.82, 2.24) is 0 Å². The van der Waals surface area contributed by atoms with Crippen molar-refractivity contribution in [3.63, 3.8) is 0 Å². The van der Waals surface area contributed by atoms with Gasteiger partial charge in [0.25, 0.3) is 0 Å². The predicted molar refractivity (Wildman–Crippen MR) is 75.2 cm³/mol. The Labute approximate surface area is 107 Å². The number of ether oxygens (including phenoxy) is 1. The molecular formula is C16H28O. The fourth-order valence-electron chi connectivity index (χ4n) is 2.51. The zero-order valence-electron chi connectivity index (χ0n) is 12.0. The quantitative estimate of drug-likeness (QED) is 0.589. The Hall–Kier alpha value is -0.560. The number of hydrogen-bond acceptors (Lipinski definition) is 1. The summed E-state index contributed by atoms with van der Waals surface area (Å²) in [5, 5.41) is 0. The molecule has 0 saturated carbocycles. The molecule has 0 aliphatic heterocycles. The Morgan fingerprint density at radius 3 is 2.06 bits per heavy atom. The molecule has 1 aliphatic carbocycles. The third-order valence-corrected chi connectivity index (χ3v) is 3.91. The SMILES string of the molecule is COC1CC/C=C(\C)CC/C(C)=C/CCC1C. The van der Waals surface area contributed by atoms with E-state index in [4.69, 9.17) is 4.74 Å². The summed E-state index contributed by atoms with van der Waals surface area (Å²) in [7, 11) is 1.85. The summed E-state index contributed by atoms with van der Waals surface area (Å²) in [6, 6.07) is 0. The molecule has 17 heavy (non-hydrogen) atoms. The average molecular weight is 236 g/mol. The van der Waals surface area contributed by atoms with Gasteiger partial charge in [0.1, 0.15) is 0 Å². The number of allylic oxidation sites excluding steroid dienone is 4. The maximum atomic E-state index is 5.62. The topological polar surface area (TPSA) is 9.23 Å². The van der Waals surface area contributed by atoms with Crippen LogP contribution in [0.4, 0.5) is 0 Å². The second kappa shape index (κ2) is 7.71. The molecule has 2 atom stereocenters. The molecule has 0 amide bonds.